The molecule has 2 aromatic heterocycles. The van der Waals surface area contributed by atoms with Crippen molar-refractivity contribution >= 4 is 11.5 Å². The van der Waals surface area contributed by atoms with Crippen LogP contribution in [0.25, 0.3) is 16.9 Å². The lowest BCUT2D eigenvalue weighted by Crippen LogP contribution is -1.92. The van der Waals surface area contributed by atoms with E-state index in [2.05, 4.69) is 15.1 Å². The van der Waals surface area contributed by atoms with Crippen LogP contribution in [-0.4, -0.2) is 24.5 Å². The standard InChI is InChI=1S/C11H7N5O2/c17-16(18)10-3-1-8(2-4-10)9-5-12-11-13-7-14-15(11)6-9/h1-7H. The predicted octanol–water partition coefficient (Wildman–Crippen LogP) is 1.70. The Morgan fingerprint density at radius 2 is 1.89 bits per heavy atom. The van der Waals surface area contributed by atoms with E-state index < -0.39 is 4.92 Å². The van der Waals surface area contributed by atoms with Crippen molar-refractivity contribution in [2.75, 3.05) is 0 Å². The summed E-state index contributed by atoms with van der Waals surface area (Å²) in [6.07, 6.45) is 4.85. The molecule has 0 spiro atoms. The fourth-order valence-electron chi connectivity index (χ4n) is 1.64. The van der Waals surface area contributed by atoms with Crippen molar-refractivity contribution in [1.29, 1.82) is 0 Å². The first kappa shape index (κ1) is 10.3. The van der Waals surface area contributed by atoms with Crippen molar-refractivity contribution in [2.45, 2.75) is 0 Å². The van der Waals surface area contributed by atoms with E-state index >= 15 is 0 Å². The molecule has 0 saturated carbocycles. The molecule has 1 aromatic carbocycles. The second kappa shape index (κ2) is 3.88. The molecule has 0 aliphatic heterocycles. The van der Waals surface area contributed by atoms with Crippen LogP contribution in [0.15, 0.2) is 43.0 Å². The minimum absolute atomic E-state index is 0.0635. The summed E-state index contributed by atoms with van der Waals surface area (Å²) in [6, 6.07) is 6.28. The van der Waals surface area contributed by atoms with Crippen molar-refractivity contribution in [2.24, 2.45) is 0 Å². The summed E-state index contributed by atoms with van der Waals surface area (Å²) >= 11 is 0. The number of aromatic nitrogens is 4. The van der Waals surface area contributed by atoms with Gasteiger partial charge in [0.15, 0.2) is 0 Å². The Bertz CT molecular complexity index is 720. The zero-order chi connectivity index (χ0) is 12.5. The second-order valence-electron chi connectivity index (χ2n) is 3.65. The minimum atomic E-state index is -0.428. The van der Waals surface area contributed by atoms with Gasteiger partial charge in [-0.05, 0) is 17.7 Å². The molecule has 0 atom stereocenters. The average molecular weight is 241 g/mol. The maximum absolute atomic E-state index is 10.6. The molecule has 7 nitrogen and oxygen atoms in total. The molecule has 18 heavy (non-hydrogen) atoms. The zero-order valence-electron chi connectivity index (χ0n) is 9.09. The second-order valence-corrected chi connectivity index (χ2v) is 3.65. The third-order valence-corrected chi connectivity index (χ3v) is 2.55. The number of hydrogen-bond acceptors (Lipinski definition) is 5. The van der Waals surface area contributed by atoms with E-state index in [1.54, 1.807) is 29.0 Å². The number of nitrogens with zero attached hydrogens (tertiary/aromatic N) is 5. The van der Waals surface area contributed by atoms with Crippen LogP contribution in [-0.2, 0) is 0 Å². The Balaban J connectivity index is 2.05. The maximum Gasteiger partial charge on any atom is 0.269 e. The molecule has 0 aliphatic carbocycles. The Morgan fingerprint density at radius 3 is 2.61 bits per heavy atom. The number of rotatable bonds is 2. The molecule has 0 fully saturated rings. The van der Waals surface area contributed by atoms with Gasteiger partial charge in [-0.25, -0.2) is 9.50 Å². The van der Waals surface area contributed by atoms with E-state index in [9.17, 15) is 10.1 Å². The summed E-state index contributed by atoms with van der Waals surface area (Å²) in [4.78, 5) is 18.2. The van der Waals surface area contributed by atoms with Crippen molar-refractivity contribution in [3.8, 4) is 11.1 Å². The van der Waals surface area contributed by atoms with E-state index in [0.29, 0.717) is 5.78 Å². The van der Waals surface area contributed by atoms with Gasteiger partial charge in [0.1, 0.15) is 6.33 Å². The van der Waals surface area contributed by atoms with Gasteiger partial charge in [0.05, 0.1) is 4.92 Å². The van der Waals surface area contributed by atoms with E-state index in [1.807, 2.05) is 0 Å². The van der Waals surface area contributed by atoms with Crippen LogP contribution in [0.2, 0.25) is 0 Å². The number of hydrogen-bond donors (Lipinski definition) is 0. The molecular formula is C11H7N5O2. The van der Waals surface area contributed by atoms with Crippen LogP contribution in [0.3, 0.4) is 0 Å². The van der Waals surface area contributed by atoms with Gasteiger partial charge in [0.25, 0.3) is 11.5 Å². The molecule has 88 valence electrons. The molecular weight excluding hydrogens is 234 g/mol. The molecule has 0 aliphatic rings. The minimum Gasteiger partial charge on any atom is -0.258 e. The van der Waals surface area contributed by atoms with E-state index in [0.717, 1.165) is 11.1 Å². The number of nitro benzene ring substituents is 1. The third kappa shape index (κ3) is 1.67. The van der Waals surface area contributed by atoms with Crippen LogP contribution in [0.5, 0.6) is 0 Å². The van der Waals surface area contributed by atoms with Gasteiger partial charge in [-0.2, -0.15) is 10.1 Å². The number of benzene rings is 1. The molecule has 0 saturated heterocycles. The van der Waals surface area contributed by atoms with Crippen LogP contribution < -0.4 is 0 Å². The van der Waals surface area contributed by atoms with E-state index in [1.165, 1.54) is 18.5 Å². The van der Waals surface area contributed by atoms with Gasteiger partial charge in [0.2, 0.25) is 0 Å². The SMILES string of the molecule is O=[N+]([O-])c1ccc(-c2cnc3ncnn3c2)cc1. The summed E-state index contributed by atoms with van der Waals surface area (Å²) in [5, 5.41) is 14.5. The van der Waals surface area contributed by atoms with Gasteiger partial charge < -0.3 is 0 Å². The highest BCUT2D eigenvalue weighted by Gasteiger charge is 2.06. The molecule has 3 rings (SSSR count). The first-order chi connectivity index (χ1) is 8.74. The summed E-state index contributed by atoms with van der Waals surface area (Å²) in [6.45, 7) is 0. The van der Waals surface area contributed by atoms with Gasteiger partial charge in [-0.3, -0.25) is 10.1 Å². The highest BCUT2D eigenvalue weighted by atomic mass is 16.6. The largest absolute Gasteiger partial charge is 0.269 e. The van der Waals surface area contributed by atoms with Crippen LogP contribution >= 0.6 is 0 Å². The highest BCUT2D eigenvalue weighted by Crippen LogP contribution is 2.21. The predicted molar refractivity (Wildman–Crippen MR) is 62.9 cm³/mol. The summed E-state index contributed by atoms with van der Waals surface area (Å²) in [5.41, 5.74) is 1.72. The Kier molecular flexibility index (Phi) is 2.23. The van der Waals surface area contributed by atoms with Crippen molar-refractivity contribution in [3.63, 3.8) is 0 Å². The Labute approximate surface area is 101 Å². The topological polar surface area (TPSA) is 86.2 Å². The van der Waals surface area contributed by atoms with Crippen LogP contribution in [0.1, 0.15) is 0 Å². The number of nitro groups is 1. The van der Waals surface area contributed by atoms with Gasteiger partial charge in [0, 0.05) is 30.1 Å². The van der Waals surface area contributed by atoms with Gasteiger partial charge in [-0.1, -0.05) is 0 Å². The molecule has 0 N–H and O–H groups in total. The van der Waals surface area contributed by atoms with E-state index in [4.69, 9.17) is 0 Å². The number of non-ortho nitro benzene ring substituents is 1. The normalized spacial score (nSPS) is 10.7. The molecule has 3 aromatic rings. The fraction of sp³-hybridized carbons (Fsp3) is 0. The van der Waals surface area contributed by atoms with Crippen molar-refractivity contribution < 1.29 is 4.92 Å². The van der Waals surface area contributed by atoms with E-state index in [-0.39, 0.29) is 5.69 Å². The highest BCUT2D eigenvalue weighted by molar-refractivity contribution is 5.63. The quantitative estimate of drug-likeness (QED) is 0.503. The lowest BCUT2D eigenvalue weighted by Gasteiger charge is -2.00. The molecule has 0 bridgehead atoms. The monoisotopic (exact) mass is 241 g/mol. The van der Waals surface area contributed by atoms with Gasteiger partial charge >= 0.3 is 0 Å². The number of fused-ring (bicyclic) bond motifs is 1. The molecule has 7 heteroatoms. The first-order valence-corrected chi connectivity index (χ1v) is 5.14. The third-order valence-electron chi connectivity index (χ3n) is 2.55. The van der Waals surface area contributed by atoms with Crippen LogP contribution in [0, 0.1) is 10.1 Å². The average Bonchev–Trinajstić information content (AvgIpc) is 2.86. The van der Waals surface area contributed by atoms with Crippen molar-refractivity contribution in [3.05, 3.63) is 53.1 Å². The lowest BCUT2D eigenvalue weighted by molar-refractivity contribution is -0.384. The van der Waals surface area contributed by atoms with Crippen LogP contribution in [0.4, 0.5) is 5.69 Å². The summed E-state index contributed by atoms with van der Waals surface area (Å²) < 4.78 is 1.55. The Hall–Kier alpha value is -2.83. The molecule has 0 amide bonds. The lowest BCUT2D eigenvalue weighted by atomic mass is 10.1. The fourth-order valence-corrected chi connectivity index (χ4v) is 1.64. The maximum atomic E-state index is 10.6. The zero-order valence-corrected chi connectivity index (χ0v) is 9.09. The molecule has 2 heterocycles. The smallest absolute Gasteiger partial charge is 0.258 e. The van der Waals surface area contributed by atoms with Gasteiger partial charge in [-0.15, -0.1) is 0 Å². The Morgan fingerprint density at radius 1 is 1.11 bits per heavy atom. The first-order valence-electron chi connectivity index (χ1n) is 5.14. The summed E-state index contributed by atoms with van der Waals surface area (Å²) in [5.74, 6) is 0.515. The molecule has 0 radical (unpaired) electrons. The van der Waals surface area contributed by atoms with Crippen molar-refractivity contribution in [1.82, 2.24) is 19.6 Å². The molecule has 0 unspecified atom stereocenters. The summed E-state index contributed by atoms with van der Waals surface area (Å²) in [7, 11) is 0.